The molecule has 0 spiro atoms. The van der Waals surface area contributed by atoms with Crippen molar-refractivity contribution >= 4 is 23.3 Å². The number of benzene rings is 1. The number of piperidine rings is 1. The molecule has 3 rings (SSSR count). The number of likely N-dealkylation sites (tertiary alicyclic amines) is 1. The van der Waals surface area contributed by atoms with E-state index in [1.54, 1.807) is 0 Å². The van der Waals surface area contributed by atoms with Crippen LogP contribution in [0.3, 0.4) is 0 Å². The lowest BCUT2D eigenvalue weighted by atomic mass is 9.89. The van der Waals surface area contributed by atoms with Gasteiger partial charge in [-0.3, -0.25) is 4.98 Å². The summed E-state index contributed by atoms with van der Waals surface area (Å²) in [7, 11) is 0. The Kier molecular flexibility index (Phi) is 7.89. The number of aliphatic hydroxyl groups is 2. The third-order valence-electron chi connectivity index (χ3n) is 5.50. The Balaban J connectivity index is 1.61. The molecule has 1 saturated heterocycles. The SMILES string of the molecule is Cc1cc(NC(=O)N2CCC(F)(c3ncc(C[C@@H](O)CO)cc3Cl)CC2)ccc1OC(F)(F)F. The van der Waals surface area contributed by atoms with E-state index in [1.165, 1.54) is 36.2 Å². The molecule has 0 radical (unpaired) electrons. The molecule has 2 heterocycles. The van der Waals surface area contributed by atoms with Crippen LogP contribution in [0.1, 0.15) is 29.7 Å². The fraction of sp³-hybridized carbons (Fsp3) is 0.455. The molecule has 0 unspecified atom stereocenters. The summed E-state index contributed by atoms with van der Waals surface area (Å²) < 4.78 is 56.8. The van der Waals surface area contributed by atoms with Crippen LogP contribution in [-0.2, 0) is 12.1 Å². The highest BCUT2D eigenvalue weighted by Crippen LogP contribution is 2.39. The fourth-order valence-electron chi connectivity index (χ4n) is 3.73. The lowest BCUT2D eigenvalue weighted by Crippen LogP contribution is -2.45. The van der Waals surface area contributed by atoms with E-state index in [1.807, 2.05) is 0 Å². The molecule has 1 atom stereocenters. The average molecular weight is 506 g/mol. The largest absolute Gasteiger partial charge is 0.573 e. The van der Waals surface area contributed by atoms with Gasteiger partial charge in [0.25, 0.3) is 0 Å². The summed E-state index contributed by atoms with van der Waals surface area (Å²) in [5, 5.41) is 21.2. The number of aromatic nitrogens is 1. The van der Waals surface area contributed by atoms with Crippen LogP contribution < -0.4 is 10.1 Å². The molecule has 1 aromatic carbocycles. The molecular formula is C22H24ClF4N3O4. The van der Waals surface area contributed by atoms with E-state index in [4.69, 9.17) is 16.7 Å². The second-order valence-electron chi connectivity index (χ2n) is 8.13. The van der Waals surface area contributed by atoms with Gasteiger partial charge in [-0.05, 0) is 42.3 Å². The molecule has 1 fully saturated rings. The van der Waals surface area contributed by atoms with Crippen molar-refractivity contribution in [1.82, 2.24) is 9.88 Å². The number of aliphatic hydroxyl groups excluding tert-OH is 2. The van der Waals surface area contributed by atoms with Crippen molar-refractivity contribution in [2.75, 3.05) is 25.0 Å². The maximum Gasteiger partial charge on any atom is 0.573 e. The van der Waals surface area contributed by atoms with Crippen LogP contribution in [0.2, 0.25) is 5.02 Å². The number of halogens is 5. The minimum absolute atomic E-state index is 0.0485. The number of nitrogens with zero attached hydrogens (tertiary/aromatic N) is 2. The van der Waals surface area contributed by atoms with Crippen LogP contribution in [0, 0.1) is 6.92 Å². The molecule has 1 aliphatic rings. The molecule has 7 nitrogen and oxygen atoms in total. The minimum atomic E-state index is -4.82. The molecule has 3 N–H and O–H groups in total. The fourth-order valence-corrected chi connectivity index (χ4v) is 4.08. The molecular weight excluding hydrogens is 482 g/mol. The van der Waals surface area contributed by atoms with Gasteiger partial charge in [-0.2, -0.15) is 0 Å². The van der Waals surface area contributed by atoms with Gasteiger partial charge >= 0.3 is 12.4 Å². The second-order valence-corrected chi connectivity index (χ2v) is 8.53. The van der Waals surface area contributed by atoms with Crippen molar-refractivity contribution in [3.05, 3.63) is 52.3 Å². The van der Waals surface area contributed by atoms with Crippen molar-refractivity contribution in [2.45, 2.75) is 44.3 Å². The molecule has 2 aromatic rings. The zero-order valence-electron chi connectivity index (χ0n) is 18.2. The van der Waals surface area contributed by atoms with Gasteiger partial charge < -0.3 is 25.2 Å². The van der Waals surface area contributed by atoms with Crippen LogP contribution in [0.5, 0.6) is 5.75 Å². The van der Waals surface area contributed by atoms with Crippen molar-refractivity contribution < 1.29 is 37.3 Å². The maximum atomic E-state index is 15.6. The number of amides is 2. The molecule has 0 aliphatic carbocycles. The number of pyridine rings is 1. The van der Waals surface area contributed by atoms with E-state index >= 15 is 4.39 Å². The van der Waals surface area contributed by atoms with E-state index in [0.29, 0.717) is 5.56 Å². The monoisotopic (exact) mass is 505 g/mol. The van der Waals surface area contributed by atoms with Crippen molar-refractivity contribution in [2.24, 2.45) is 0 Å². The Morgan fingerprint density at radius 3 is 2.56 bits per heavy atom. The Morgan fingerprint density at radius 1 is 1.32 bits per heavy atom. The van der Waals surface area contributed by atoms with Gasteiger partial charge in [0, 0.05) is 44.2 Å². The average Bonchev–Trinajstić information content (AvgIpc) is 2.75. The highest BCUT2D eigenvalue weighted by atomic mass is 35.5. The van der Waals surface area contributed by atoms with Crippen LogP contribution in [-0.4, -0.2) is 58.3 Å². The molecule has 12 heteroatoms. The van der Waals surface area contributed by atoms with Gasteiger partial charge in [0.1, 0.15) is 5.75 Å². The number of anilines is 1. The van der Waals surface area contributed by atoms with E-state index in [0.717, 1.165) is 6.07 Å². The first kappa shape index (κ1) is 26.0. The zero-order valence-corrected chi connectivity index (χ0v) is 19.0. The van der Waals surface area contributed by atoms with Gasteiger partial charge in [0.2, 0.25) is 0 Å². The molecule has 0 bridgehead atoms. The van der Waals surface area contributed by atoms with E-state index in [-0.39, 0.29) is 60.1 Å². The predicted molar refractivity (Wildman–Crippen MR) is 117 cm³/mol. The Labute approximate surface area is 198 Å². The summed E-state index contributed by atoms with van der Waals surface area (Å²) in [5.74, 6) is -0.369. The first-order valence-electron chi connectivity index (χ1n) is 10.5. The van der Waals surface area contributed by atoms with Gasteiger partial charge in [0.15, 0.2) is 5.67 Å². The summed E-state index contributed by atoms with van der Waals surface area (Å²) in [4.78, 5) is 18.1. The normalized spacial score (nSPS) is 16.8. The minimum Gasteiger partial charge on any atom is -0.406 e. The highest BCUT2D eigenvalue weighted by Gasteiger charge is 2.40. The number of hydrogen-bond acceptors (Lipinski definition) is 5. The van der Waals surface area contributed by atoms with Crippen LogP contribution in [0.15, 0.2) is 30.5 Å². The summed E-state index contributed by atoms with van der Waals surface area (Å²) in [6.07, 6.45) is -4.37. The number of carbonyl (C=O) groups excluding carboxylic acids is 1. The number of alkyl halides is 4. The van der Waals surface area contributed by atoms with Crippen LogP contribution >= 0.6 is 11.6 Å². The van der Waals surface area contributed by atoms with Crippen LogP contribution in [0.25, 0.3) is 0 Å². The number of ether oxygens (including phenoxy) is 1. The molecule has 1 aromatic heterocycles. The summed E-state index contributed by atoms with van der Waals surface area (Å²) in [6, 6.07) is 4.73. The topological polar surface area (TPSA) is 94.9 Å². The lowest BCUT2D eigenvalue weighted by Gasteiger charge is -2.36. The quantitative estimate of drug-likeness (QED) is 0.508. The van der Waals surface area contributed by atoms with Crippen LogP contribution in [0.4, 0.5) is 28.0 Å². The standard InChI is InChI=1S/C22H24ClF4N3O4/c1-13-8-15(2-3-18(13)34-22(25,26)27)29-20(33)30-6-4-21(24,5-7-30)19-17(23)10-14(11-28-19)9-16(32)12-31/h2-3,8,10-11,16,31-32H,4-7,9,12H2,1H3,(H,29,33)/t16-/m1/s1. The number of rotatable bonds is 6. The molecule has 0 saturated carbocycles. The summed E-state index contributed by atoms with van der Waals surface area (Å²) >= 11 is 6.23. The van der Waals surface area contributed by atoms with Crippen molar-refractivity contribution in [1.29, 1.82) is 0 Å². The molecule has 1 aliphatic heterocycles. The van der Waals surface area contributed by atoms with Gasteiger partial charge in [-0.25, -0.2) is 9.18 Å². The molecule has 186 valence electrons. The van der Waals surface area contributed by atoms with Gasteiger partial charge in [0.05, 0.1) is 23.4 Å². The number of hydrogen-bond donors (Lipinski definition) is 3. The van der Waals surface area contributed by atoms with E-state index in [9.17, 15) is 23.1 Å². The van der Waals surface area contributed by atoms with E-state index in [2.05, 4.69) is 15.0 Å². The highest BCUT2D eigenvalue weighted by molar-refractivity contribution is 6.31. The number of urea groups is 1. The van der Waals surface area contributed by atoms with Gasteiger partial charge in [-0.1, -0.05) is 11.6 Å². The first-order valence-corrected chi connectivity index (χ1v) is 10.8. The van der Waals surface area contributed by atoms with Crippen molar-refractivity contribution in [3.8, 4) is 5.75 Å². The smallest absolute Gasteiger partial charge is 0.406 e. The maximum absolute atomic E-state index is 15.6. The zero-order chi connectivity index (χ0) is 25.1. The molecule has 34 heavy (non-hydrogen) atoms. The summed E-state index contributed by atoms with van der Waals surface area (Å²) in [6.45, 7) is 1.14. The number of nitrogens with one attached hydrogen (secondary N) is 1. The Hall–Kier alpha value is -2.63. The number of aryl methyl sites for hydroxylation is 1. The number of carbonyl (C=O) groups is 1. The molecule has 2 amide bonds. The third-order valence-corrected chi connectivity index (χ3v) is 5.79. The predicted octanol–water partition coefficient (Wildman–Crippen LogP) is 4.33. The van der Waals surface area contributed by atoms with Crippen molar-refractivity contribution in [3.63, 3.8) is 0 Å². The lowest BCUT2D eigenvalue weighted by molar-refractivity contribution is -0.274. The Morgan fingerprint density at radius 2 is 2.00 bits per heavy atom. The first-order chi connectivity index (χ1) is 15.9. The third kappa shape index (κ3) is 6.49. The summed E-state index contributed by atoms with van der Waals surface area (Å²) in [5.41, 5.74) is -0.786. The van der Waals surface area contributed by atoms with E-state index < -0.39 is 30.8 Å². The second kappa shape index (κ2) is 10.3. The van der Waals surface area contributed by atoms with Gasteiger partial charge in [-0.15, -0.1) is 13.2 Å². The Bertz CT molecular complexity index is 1030.